The van der Waals surface area contributed by atoms with Crippen molar-refractivity contribution in [2.45, 2.75) is 6.04 Å². The third-order valence-corrected chi connectivity index (χ3v) is 3.15. The highest BCUT2D eigenvalue weighted by Gasteiger charge is 2.10. The van der Waals surface area contributed by atoms with Gasteiger partial charge in [0.1, 0.15) is 0 Å². The van der Waals surface area contributed by atoms with Gasteiger partial charge in [0, 0.05) is 12.4 Å². The van der Waals surface area contributed by atoms with E-state index in [1.165, 1.54) is 0 Å². The molecule has 100 valence electrons. The Labute approximate surface area is 113 Å². The maximum Gasteiger partial charge on any atom is 0.314 e. The Morgan fingerprint density at radius 1 is 1.00 bits per heavy atom. The fraction of sp³-hybridized carbons (Fsp3) is 0.0714. The molecule has 2 aromatic heterocycles. The van der Waals surface area contributed by atoms with E-state index in [4.69, 9.17) is 5.73 Å². The molecular formula is C14H12N4O2. The number of nitrogens with zero attached hydrogens (tertiary/aromatic N) is 1. The molecule has 0 spiro atoms. The van der Waals surface area contributed by atoms with Crippen LogP contribution in [-0.4, -0.2) is 15.0 Å². The lowest BCUT2D eigenvalue weighted by Gasteiger charge is -2.12. The highest BCUT2D eigenvalue weighted by atomic mass is 16.2. The van der Waals surface area contributed by atoms with E-state index in [-0.39, 0.29) is 6.04 Å². The number of H-pyrrole nitrogens is 2. The minimum Gasteiger partial charge on any atom is -0.320 e. The summed E-state index contributed by atoms with van der Waals surface area (Å²) in [6.07, 6.45) is 3.38. The molecule has 4 N–H and O–H groups in total. The number of nitrogens with one attached hydrogen (secondary N) is 2. The summed E-state index contributed by atoms with van der Waals surface area (Å²) in [5, 5.41) is 0. The molecule has 0 aliphatic carbocycles. The Morgan fingerprint density at radius 3 is 2.45 bits per heavy atom. The quantitative estimate of drug-likeness (QED) is 0.594. The Hall–Kier alpha value is -2.73. The lowest BCUT2D eigenvalue weighted by atomic mass is 10.0. The summed E-state index contributed by atoms with van der Waals surface area (Å²) in [5.41, 5.74) is 7.64. The molecule has 6 nitrogen and oxygen atoms in total. The average Bonchev–Trinajstić information content (AvgIpc) is 2.48. The van der Waals surface area contributed by atoms with Crippen molar-refractivity contribution in [2.75, 3.05) is 0 Å². The molecule has 0 radical (unpaired) electrons. The number of fused-ring (bicyclic) bond motifs is 1. The van der Waals surface area contributed by atoms with Crippen LogP contribution in [0.15, 0.2) is 52.3 Å². The van der Waals surface area contributed by atoms with E-state index in [9.17, 15) is 9.59 Å². The third kappa shape index (κ3) is 2.12. The van der Waals surface area contributed by atoms with Crippen molar-refractivity contribution in [3.8, 4) is 0 Å². The van der Waals surface area contributed by atoms with Crippen LogP contribution in [0.25, 0.3) is 11.0 Å². The number of hydrogen-bond acceptors (Lipinski definition) is 4. The zero-order valence-corrected chi connectivity index (χ0v) is 10.5. The number of aromatic amines is 2. The van der Waals surface area contributed by atoms with Crippen LogP contribution < -0.4 is 16.9 Å². The molecule has 2 heterocycles. The molecular weight excluding hydrogens is 256 g/mol. The van der Waals surface area contributed by atoms with Gasteiger partial charge in [-0.25, -0.2) is 0 Å². The summed E-state index contributed by atoms with van der Waals surface area (Å²) in [7, 11) is 0. The molecule has 0 amide bonds. The lowest BCUT2D eigenvalue weighted by molar-refractivity contribution is 0.864. The first-order valence-corrected chi connectivity index (χ1v) is 6.07. The molecule has 0 saturated heterocycles. The normalized spacial score (nSPS) is 12.4. The van der Waals surface area contributed by atoms with Crippen molar-refractivity contribution >= 4 is 11.0 Å². The fourth-order valence-electron chi connectivity index (χ4n) is 2.08. The standard InChI is InChI=1S/C14H12N4O2/c15-12(9-2-1-5-16-7-9)8-3-4-10-11(6-8)18-14(20)13(19)17-10/h1-7,12H,15H2,(H,17,19)(H,18,20). The molecule has 1 aromatic carbocycles. The minimum absolute atomic E-state index is 0.344. The van der Waals surface area contributed by atoms with Gasteiger partial charge in [0.05, 0.1) is 17.1 Å². The lowest BCUT2D eigenvalue weighted by Crippen LogP contribution is -2.29. The van der Waals surface area contributed by atoms with Gasteiger partial charge in [-0.05, 0) is 29.3 Å². The molecule has 6 heteroatoms. The Bertz CT molecular complexity index is 867. The van der Waals surface area contributed by atoms with E-state index < -0.39 is 11.1 Å². The molecule has 1 unspecified atom stereocenters. The molecule has 0 fully saturated rings. The van der Waals surface area contributed by atoms with Gasteiger partial charge >= 0.3 is 11.1 Å². The number of nitrogens with two attached hydrogens (primary N) is 1. The predicted octanol–water partition coefficient (Wildman–Crippen LogP) is 0.659. The van der Waals surface area contributed by atoms with Gasteiger partial charge in [0.25, 0.3) is 0 Å². The van der Waals surface area contributed by atoms with Gasteiger partial charge in [-0.2, -0.15) is 0 Å². The van der Waals surface area contributed by atoms with E-state index >= 15 is 0 Å². The van der Waals surface area contributed by atoms with E-state index in [1.54, 1.807) is 24.5 Å². The number of pyridine rings is 1. The zero-order chi connectivity index (χ0) is 14.1. The van der Waals surface area contributed by atoms with Crippen LogP contribution in [0.2, 0.25) is 0 Å². The second kappa shape index (κ2) is 4.75. The molecule has 20 heavy (non-hydrogen) atoms. The largest absolute Gasteiger partial charge is 0.320 e. The molecule has 3 rings (SSSR count). The Balaban J connectivity index is 2.11. The summed E-state index contributed by atoms with van der Waals surface area (Å²) in [6, 6.07) is 8.65. The predicted molar refractivity (Wildman–Crippen MR) is 75.5 cm³/mol. The Morgan fingerprint density at radius 2 is 1.75 bits per heavy atom. The van der Waals surface area contributed by atoms with Crippen molar-refractivity contribution in [1.82, 2.24) is 15.0 Å². The van der Waals surface area contributed by atoms with Crippen molar-refractivity contribution in [3.63, 3.8) is 0 Å². The molecule has 0 saturated carbocycles. The smallest absolute Gasteiger partial charge is 0.314 e. The Kier molecular flexibility index (Phi) is 2.92. The van der Waals surface area contributed by atoms with Gasteiger partial charge < -0.3 is 15.7 Å². The van der Waals surface area contributed by atoms with Crippen molar-refractivity contribution in [2.24, 2.45) is 5.73 Å². The molecule has 3 aromatic rings. The van der Waals surface area contributed by atoms with Crippen LogP contribution in [0.3, 0.4) is 0 Å². The fourth-order valence-corrected chi connectivity index (χ4v) is 2.08. The summed E-state index contributed by atoms with van der Waals surface area (Å²) >= 11 is 0. The van der Waals surface area contributed by atoms with Crippen LogP contribution >= 0.6 is 0 Å². The minimum atomic E-state index is -0.676. The topological polar surface area (TPSA) is 105 Å². The first-order valence-electron chi connectivity index (χ1n) is 6.07. The number of rotatable bonds is 2. The highest BCUT2D eigenvalue weighted by molar-refractivity contribution is 5.74. The number of hydrogen-bond donors (Lipinski definition) is 3. The molecule has 1 atom stereocenters. The highest BCUT2D eigenvalue weighted by Crippen LogP contribution is 2.20. The summed E-state index contributed by atoms with van der Waals surface area (Å²) in [6.45, 7) is 0. The van der Waals surface area contributed by atoms with Crippen LogP contribution in [0.1, 0.15) is 17.2 Å². The summed E-state index contributed by atoms with van der Waals surface area (Å²) < 4.78 is 0. The van der Waals surface area contributed by atoms with E-state index in [2.05, 4.69) is 15.0 Å². The SMILES string of the molecule is NC(c1cccnc1)c1ccc2[nH]c(=O)c(=O)[nH]c2c1. The summed E-state index contributed by atoms with van der Waals surface area (Å²) in [4.78, 5) is 31.7. The average molecular weight is 268 g/mol. The number of benzene rings is 1. The van der Waals surface area contributed by atoms with Gasteiger partial charge in [0.15, 0.2) is 0 Å². The molecule has 0 aliphatic heterocycles. The van der Waals surface area contributed by atoms with Crippen LogP contribution in [0, 0.1) is 0 Å². The maximum atomic E-state index is 11.3. The third-order valence-electron chi connectivity index (χ3n) is 3.15. The molecule has 0 aliphatic rings. The van der Waals surface area contributed by atoms with Crippen LogP contribution in [-0.2, 0) is 0 Å². The van der Waals surface area contributed by atoms with E-state index in [1.807, 2.05) is 18.2 Å². The van der Waals surface area contributed by atoms with Gasteiger partial charge in [0.2, 0.25) is 0 Å². The van der Waals surface area contributed by atoms with Gasteiger partial charge in [-0.15, -0.1) is 0 Å². The first kappa shape index (κ1) is 12.3. The monoisotopic (exact) mass is 268 g/mol. The van der Waals surface area contributed by atoms with Crippen molar-refractivity contribution in [1.29, 1.82) is 0 Å². The second-order valence-corrected chi connectivity index (χ2v) is 4.48. The van der Waals surface area contributed by atoms with Crippen molar-refractivity contribution in [3.05, 3.63) is 74.6 Å². The van der Waals surface area contributed by atoms with E-state index in [0.717, 1.165) is 11.1 Å². The first-order chi connectivity index (χ1) is 9.65. The second-order valence-electron chi connectivity index (χ2n) is 4.48. The van der Waals surface area contributed by atoms with Crippen LogP contribution in [0.4, 0.5) is 0 Å². The van der Waals surface area contributed by atoms with E-state index in [0.29, 0.717) is 11.0 Å². The number of aromatic nitrogens is 3. The van der Waals surface area contributed by atoms with Gasteiger partial charge in [-0.1, -0.05) is 12.1 Å². The van der Waals surface area contributed by atoms with Crippen molar-refractivity contribution < 1.29 is 0 Å². The zero-order valence-electron chi connectivity index (χ0n) is 10.5. The maximum absolute atomic E-state index is 11.3. The van der Waals surface area contributed by atoms with Gasteiger partial charge in [-0.3, -0.25) is 14.6 Å². The van der Waals surface area contributed by atoms with Crippen LogP contribution in [0.5, 0.6) is 0 Å². The molecule has 0 bridgehead atoms. The summed E-state index contributed by atoms with van der Waals surface area (Å²) in [5.74, 6) is 0.